The van der Waals surface area contributed by atoms with Crippen molar-refractivity contribution in [2.24, 2.45) is 11.5 Å². The highest BCUT2D eigenvalue weighted by molar-refractivity contribution is 5.32. The van der Waals surface area contributed by atoms with Gasteiger partial charge in [0, 0.05) is 19.1 Å². The van der Waals surface area contributed by atoms with Crippen LogP contribution in [0.1, 0.15) is 36.0 Å². The molecule has 94 valence electrons. The highest BCUT2D eigenvalue weighted by Crippen LogP contribution is 2.17. The van der Waals surface area contributed by atoms with E-state index in [0.29, 0.717) is 19.1 Å². The molecule has 1 aromatic carbocycles. The first-order chi connectivity index (χ1) is 8.33. The number of rotatable bonds is 4. The first-order valence-corrected chi connectivity index (χ1v) is 6.57. The standard InChI is InChI=1S/C14H23N3/c15-9-11-4-5-12(10-16)13(7-11)8-14-3-1-2-6-17-14/h4-5,7,14,17H,1-3,6,8-10,15-16H2. The Balaban J connectivity index is 2.11. The normalized spacial score (nSPS) is 20.5. The second-order valence-electron chi connectivity index (χ2n) is 4.86. The maximum atomic E-state index is 5.80. The molecular formula is C14H23N3. The zero-order valence-electron chi connectivity index (χ0n) is 10.4. The molecule has 3 nitrogen and oxygen atoms in total. The van der Waals surface area contributed by atoms with Crippen molar-refractivity contribution in [2.45, 2.75) is 44.8 Å². The van der Waals surface area contributed by atoms with E-state index in [0.717, 1.165) is 13.0 Å². The van der Waals surface area contributed by atoms with Gasteiger partial charge in [-0.1, -0.05) is 24.6 Å². The van der Waals surface area contributed by atoms with Crippen LogP contribution in [-0.2, 0) is 19.5 Å². The lowest BCUT2D eigenvalue weighted by atomic mass is 9.93. The van der Waals surface area contributed by atoms with Gasteiger partial charge >= 0.3 is 0 Å². The van der Waals surface area contributed by atoms with Gasteiger partial charge in [0.1, 0.15) is 0 Å². The van der Waals surface area contributed by atoms with Crippen molar-refractivity contribution >= 4 is 0 Å². The van der Waals surface area contributed by atoms with Gasteiger partial charge in [0.15, 0.2) is 0 Å². The van der Waals surface area contributed by atoms with Crippen molar-refractivity contribution in [2.75, 3.05) is 6.54 Å². The molecule has 0 bridgehead atoms. The molecule has 1 fully saturated rings. The Hall–Kier alpha value is -0.900. The second-order valence-corrected chi connectivity index (χ2v) is 4.86. The molecule has 17 heavy (non-hydrogen) atoms. The average Bonchev–Trinajstić information content (AvgIpc) is 2.40. The summed E-state index contributed by atoms with van der Waals surface area (Å²) in [7, 11) is 0. The van der Waals surface area contributed by atoms with Crippen LogP contribution in [0.5, 0.6) is 0 Å². The van der Waals surface area contributed by atoms with Crippen LogP contribution in [0.15, 0.2) is 18.2 Å². The molecule has 1 saturated heterocycles. The van der Waals surface area contributed by atoms with Crippen LogP contribution in [0.3, 0.4) is 0 Å². The minimum atomic E-state index is 0.607. The van der Waals surface area contributed by atoms with E-state index in [9.17, 15) is 0 Å². The monoisotopic (exact) mass is 233 g/mol. The van der Waals surface area contributed by atoms with E-state index >= 15 is 0 Å². The highest BCUT2D eigenvalue weighted by Gasteiger charge is 2.14. The van der Waals surface area contributed by atoms with E-state index in [2.05, 4.69) is 23.5 Å². The Bertz CT molecular complexity index is 356. The molecule has 5 N–H and O–H groups in total. The molecule has 1 aromatic rings. The predicted octanol–water partition coefficient (Wildman–Crippen LogP) is 1.29. The maximum absolute atomic E-state index is 5.80. The zero-order valence-corrected chi connectivity index (χ0v) is 10.4. The van der Waals surface area contributed by atoms with Crippen molar-refractivity contribution < 1.29 is 0 Å². The molecule has 0 aliphatic carbocycles. The Morgan fingerprint density at radius 3 is 2.65 bits per heavy atom. The van der Waals surface area contributed by atoms with E-state index in [1.54, 1.807) is 0 Å². The van der Waals surface area contributed by atoms with Crippen molar-refractivity contribution in [3.63, 3.8) is 0 Å². The van der Waals surface area contributed by atoms with E-state index in [1.165, 1.54) is 36.0 Å². The molecule has 3 heteroatoms. The van der Waals surface area contributed by atoms with Gasteiger partial charge in [-0.3, -0.25) is 0 Å². The van der Waals surface area contributed by atoms with Crippen molar-refractivity contribution in [3.05, 3.63) is 34.9 Å². The first-order valence-electron chi connectivity index (χ1n) is 6.57. The van der Waals surface area contributed by atoms with Crippen LogP contribution in [-0.4, -0.2) is 12.6 Å². The molecule has 0 spiro atoms. The van der Waals surface area contributed by atoms with E-state index in [4.69, 9.17) is 11.5 Å². The fourth-order valence-corrected chi connectivity index (χ4v) is 2.56. The smallest absolute Gasteiger partial charge is 0.0180 e. The van der Waals surface area contributed by atoms with Crippen molar-refractivity contribution in [1.29, 1.82) is 0 Å². The third-order valence-electron chi connectivity index (χ3n) is 3.60. The minimum absolute atomic E-state index is 0.607. The van der Waals surface area contributed by atoms with E-state index in [1.807, 2.05) is 0 Å². The number of hydrogen-bond donors (Lipinski definition) is 3. The lowest BCUT2D eigenvalue weighted by Gasteiger charge is -2.24. The molecule has 0 saturated carbocycles. The molecule has 2 rings (SSSR count). The average molecular weight is 233 g/mol. The van der Waals surface area contributed by atoms with Crippen LogP contribution in [0.2, 0.25) is 0 Å². The largest absolute Gasteiger partial charge is 0.326 e. The molecule has 1 unspecified atom stereocenters. The van der Waals surface area contributed by atoms with Crippen LogP contribution in [0.25, 0.3) is 0 Å². The molecule has 0 aromatic heterocycles. The lowest BCUT2D eigenvalue weighted by Crippen LogP contribution is -2.35. The van der Waals surface area contributed by atoms with Gasteiger partial charge in [0.25, 0.3) is 0 Å². The van der Waals surface area contributed by atoms with Gasteiger partial charge in [0.05, 0.1) is 0 Å². The SMILES string of the molecule is NCc1ccc(CN)c(CC2CCCCN2)c1. The minimum Gasteiger partial charge on any atom is -0.326 e. The van der Waals surface area contributed by atoms with Gasteiger partial charge in [0.2, 0.25) is 0 Å². The summed E-state index contributed by atoms with van der Waals surface area (Å²) in [4.78, 5) is 0. The highest BCUT2D eigenvalue weighted by atomic mass is 14.9. The summed E-state index contributed by atoms with van der Waals surface area (Å²) in [6, 6.07) is 7.04. The van der Waals surface area contributed by atoms with Crippen LogP contribution in [0.4, 0.5) is 0 Å². The predicted molar refractivity (Wildman–Crippen MR) is 71.6 cm³/mol. The molecule has 1 heterocycles. The molecule has 0 radical (unpaired) electrons. The second kappa shape index (κ2) is 6.15. The Labute approximate surface area is 104 Å². The topological polar surface area (TPSA) is 64.1 Å². The lowest BCUT2D eigenvalue weighted by molar-refractivity contribution is 0.398. The molecule has 1 aliphatic heterocycles. The van der Waals surface area contributed by atoms with Crippen molar-refractivity contribution in [3.8, 4) is 0 Å². The fraction of sp³-hybridized carbons (Fsp3) is 0.571. The fourth-order valence-electron chi connectivity index (χ4n) is 2.56. The summed E-state index contributed by atoms with van der Waals surface area (Å²) in [5.74, 6) is 0. The number of piperidine rings is 1. The quantitative estimate of drug-likeness (QED) is 0.734. The van der Waals surface area contributed by atoms with Gasteiger partial charge in [-0.05, 0) is 42.5 Å². The Morgan fingerprint density at radius 1 is 1.12 bits per heavy atom. The number of nitrogens with one attached hydrogen (secondary N) is 1. The number of hydrogen-bond acceptors (Lipinski definition) is 3. The summed E-state index contributed by atoms with van der Waals surface area (Å²) in [6.45, 7) is 2.38. The van der Waals surface area contributed by atoms with Gasteiger partial charge < -0.3 is 16.8 Å². The van der Waals surface area contributed by atoms with Crippen molar-refractivity contribution in [1.82, 2.24) is 5.32 Å². The summed E-state index contributed by atoms with van der Waals surface area (Å²) >= 11 is 0. The van der Waals surface area contributed by atoms with Gasteiger partial charge in [-0.2, -0.15) is 0 Å². The Morgan fingerprint density at radius 2 is 2.00 bits per heavy atom. The maximum Gasteiger partial charge on any atom is 0.0180 e. The molecular weight excluding hydrogens is 210 g/mol. The summed E-state index contributed by atoms with van der Waals surface area (Å²) in [5, 5.41) is 3.58. The summed E-state index contributed by atoms with van der Waals surface area (Å²) in [5.41, 5.74) is 15.3. The van der Waals surface area contributed by atoms with Gasteiger partial charge in [-0.15, -0.1) is 0 Å². The molecule has 1 aliphatic rings. The first kappa shape index (κ1) is 12.6. The molecule has 0 amide bonds. The summed E-state index contributed by atoms with van der Waals surface area (Å²) < 4.78 is 0. The number of nitrogens with two attached hydrogens (primary N) is 2. The van der Waals surface area contributed by atoms with E-state index < -0.39 is 0 Å². The van der Waals surface area contributed by atoms with Crippen LogP contribution < -0.4 is 16.8 Å². The molecule has 1 atom stereocenters. The van der Waals surface area contributed by atoms with Crippen LogP contribution >= 0.6 is 0 Å². The zero-order chi connectivity index (χ0) is 12.1. The Kier molecular flexibility index (Phi) is 4.54. The third kappa shape index (κ3) is 3.28. The van der Waals surface area contributed by atoms with E-state index in [-0.39, 0.29) is 0 Å². The number of benzene rings is 1. The van der Waals surface area contributed by atoms with Gasteiger partial charge in [-0.25, -0.2) is 0 Å². The third-order valence-corrected chi connectivity index (χ3v) is 3.60. The summed E-state index contributed by atoms with van der Waals surface area (Å²) in [6.07, 6.45) is 5.01. The van der Waals surface area contributed by atoms with Crippen LogP contribution in [0, 0.1) is 0 Å².